The van der Waals surface area contributed by atoms with Gasteiger partial charge < -0.3 is 9.84 Å². The van der Waals surface area contributed by atoms with E-state index in [4.69, 9.17) is 4.52 Å². The van der Waals surface area contributed by atoms with Crippen LogP contribution in [0.4, 0.5) is 5.69 Å². The molecule has 0 aliphatic heterocycles. The van der Waals surface area contributed by atoms with Crippen molar-refractivity contribution in [3.8, 4) is 17.1 Å². The second-order valence-corrected chi connectivity index (χ2v) is 5.94. The number of benzene rings is 2. The highest BCUT2D eigenvalue weighted by atomic mass is 16.5. The van der Waals surface area contributed by atoms with Crippen LogP contribution in [-0.2, 0) is 0 Å². The van der Waals surface area contributed by atoms with Crippen molar-refractivity contribution in [3.05, 3.63) is 88.7 Å². The highest BCUT2D eigenvalue weighted by molar-refractivity contribution is 6.04. The number of nitrogens with one attached hydrogen (secondary N) is 1. The predicted molar refractivity (Wildman–Crippen MR) is 102 cm³/mol. The smallest absolute Gasteiger partial charge is 0.276 e. The Morgan fingerprint density at radius 1 is 1.00 bits per heavy atom. The van der Waals surface area contributed by atoms with Gasteiger partial charge in [-0.25, -0.2) is 0 Å². The van der Waals surface area contributed by atoms with Gasteiger partial charge in [0.1, 0.15) is 5.69 Å². The van der Waals surface area contributed by atoms with Crippen LogP contribution in [0, 0.1) is 6.92 Å². The van der Waals surface area contributed by atoms with Crippen molar-refractivity contribution in [2.45, 2.75) is 6.92 Å². The Labute approximate surface area is 159 Å². The first-order valence-electron chi connectivity index (χ1n) is 8.49. The van der Waals surface area contributed by atoms with E-state index in [1.165, 1.54) is 16.8 Å². The summed E-state index contributed by atoms with van der Waals surface area (Å²) < 4.78 is 6.20. The molecule has 0 saturated carbocycles. The van der Waals surface area contributed by atoms with E-state index in [0.29, 0.717) is 28.7 Å². The minimum absolute atomic E-state index is 0.0996. The lowest BCUT2D eigenvalue weighted by Gasteiger charge is -2.10. The number of carbonyl (C=O) groups excluding carboxylic acids is 1. The van der Waals surface area contributed by atoms with E-state index in [9.17, 15) is 9.59 Å². The van der Waals surface area contributed by atoms with E-state index >= 15 is 0 Å². The molecule has 2 aromatic heterocycles. The second-order valence-electron chi connectivity index (χ2n) is 5.94. The van der Waals surface area contributed by atoms with Crippen molar-refractivity contribution in [1.82, 2.24) is 19.9 Å². The summed E-state index contributed by atoms with van der Waals surface area (Å²) in [5, 5.41) is 10.9. The SMILES string of the molecule is Cc1nc(-c2ccccc2NC(=O)c2ccc(=O)n(-c3ccccc3)n2)no1. The molecule has 0 saturated heterocycles. The standard InChI is InChI=1S/C20H15N5O3/c1-13-21-19(24-28-13)15-9-5-6-10-16(15)22-20(27)17-11-12-18(26)25(23-17)14-7-3-2-4-8-14/h2-12H,1H3,(H,22,27). The van der Waals surface area contributed by atoms with Gasteiger partial charge in [0.25, 0.3) is 11.5 Å². The fourth-order valence-corrected chi connectivity index (χ4v) is 2.67. The van der Waals surface area contributed by atoms with Crippen LogP contribution in [0.1, 0.15) is 16.4 Å². The van der Waals surface area contributed by atoms with Crippen LogP contribution in [0.2, 0.25) is 0 Å². The minimum atomic E-state index is -0.461. The molecule has 0 unspecified atom stereocenters. The van der Waals surface area contributed by atoms with Crippen molar-refractivity contribution < 1.29 is 9.32 Å². The number of anilines is 1. The number of hydrogen-bond acceptors (Lipinski definition) is 6. The van der Waals surface area contributed by atoms with E-state index in [-0.39, 0.29) is 11.3 Å². The zero-order valence-corrected chi connectivity index (χ0v) is 14.9. The van der Waals surface area contributed by atoms with Gasteiger partial charge in [0.15, 0.2) is 0 Å². The van der Waals surface area contributed by atoms with Gasteiger partial charge in [0, 0.05) is 18.6 Å². The van der Waals surface area contributed by atoms with Crippen LogP contribution in [0.15, 0.2) is 76.0 Å². The molecule has 1 amide bonds. The monoisotopic (exact) mass is 373 g/mol. The normalized spacial score (nSPS) is 10.6. The maximum absolute atomic E-state index is 12.7. The lowest BCUT2D eigenvalue weighted by Crippen LogP contribution is -2.25. The lowest BCUT2D eigenvalue weighted by molar-refractivity contribution is 0.102. The fourth-order valence-electron chi connectivity index (χ4n) is 2.67. The quantitative estimate of drug-likeness (QED) is 0.590. The van der Waals surface area contributed by atoms with Crippen molar-refractivity contribution >= 4 is 11.6 Å². The number of amides is 1. The molecule has 0 aliphatic carbocycles. The molecular formula is C20H15N5O3. The lowest BCUT2D eigenvalue weighted by atomic mass is 10.1. The predicted octanol–water partition coefficient (Wildman–Crippen LogP) is 2.84. The van der Waals surface area contributed by atoms with E-state index in [0.717, 1.165) is 0 Å². The molecule has 0 radical (unpaired) electrons. The summed E-state index contributed by atoms with van der Waals surface area (Å²) >= 11 is 0. The first-order chi connectivity index (χ1) is 13.6. The van der Waals surface area contributed by atoms with Gasteiger partial charge >= 0.3 is 0 Å². The first-order valence-corrected chi connectivity index (χ1v) is 8.49. The van der Waals surface area contributed by atoms with Crippen LogP contribution in [0.3, 0.4) is 0 Å². The molecule has 8 heteroatoms. The molecule has 0 bridgehead atoms. The molecule has 4 aromatic rings. The van der Waals surface area contributed by atoms with E-state index in [1.807, 2.05) is 12.1 Å². The van der Waals surface area contributed by atoms with Crippen molar-refractivity contribution in [2.75, 3.05) is 5.32 Å². The fraction of sp³-hybridized carbons (Fsp3) is 0.0500. The number of rotatable bonds is 4. The summed E-state index contributed by atoms with van der Waals surface area (Å²) in [6.07, 6.45) is 0. The van der Waals surface area contributed by atoms with Gasteiger partial charge in [-0.3, -0.25) is 9.59 Å². The maximum atomic E-state index is 12.7. The van der Waals surface area contributed by atoms with Gasteiger partial charge in [-0.05, 0) is 30.3 Å². The third kappa shape index (κ3) is 3.43. The largest absolute Gasteiger partial charge is 0.339 e. The highest BCUT2D eigenvalue weighted by Gasteiger charge is 2.15. The second kappa shape index (κ2) is 7.28. The first kappa shape index (κ1) is 17.3. The van der Waals surface area contributed by atoms with Crippen LogP contribution in [0.5, 0.6) is 0 Å². The van der Waals surface area contributed by atoms with Crippen molar-refractivity contribution in [2.24, 2.45) is 0 Å². The van der Waals surface area contributed by atoms with Crippen molar-refractivity contribution in [1.29, 1.82) is 0 Å². The number of aromatic nitrogens is 4. The highest BCUT2D eigenvalue weighted by Crippen LogP contribution is 2.25. The van der Waals surface area contributed by atoms with Gasteiger partial charge in [-0.1, -0.05) is 35.5 Å². The molecule has 0 aliphatic rings. The van der Waals surface area contributed by atoms with Crippen LogP contribution in [0.25, 0.3) is 17.1 Å². The zero-order valence-electron chi connectivity index (χ0n) is 14.9. The number of para-hydroxylation sites is 2. The Kier molecular flexibility index (Phi) is 4.51. The number of aryl methyl sites for hydroxylation is 1. The number of nitrogens with zero attached hydrogens (tertiary/aromatic N) is 4. The third-order valence-electron chi connectivity index (χ3n) is 3.98. The van der Waals surface area contributed by atoms with Gasteiger partial charge in [-0.2, -0.15) is 14.8 Å². The van der Waals surface area contributed by atoms with Crippen LogP contribution >= 0.6 is 0 Å². The number of hydrogen-bond donors (Lipinski definition) is 1. The summed E-state index contributed by atoms with van der Waals surface area (Å²) in [6, 6.07) is 18.7. The Balaban J connectivity index is 1.66. The molecule has 0 spiro atoms. The molecule has 138 valence electrons. The molecule has 0 fully saturated rings. The van der Waals surface area contributed by atoms with Gasteiger partial charge in [-0.15, -0.1) is 0 Å². The van der Waals surface area contributed by atoms with Crippen LogP contribution < -0.4 is 10.9 Å². The Morgan fingerprint density at radius 3 is 2.50 bits per heavy atom. The molecule has 0 atom stereocenters. The third-order valence-corrected chi connectivity index (χ3v) is 3.98. The molecule has 4 rings (SSSR count). The van der Waals surface area contributed by atoms with E-state index in [1.54, 1.807) is 49.4 Å². The zero-order chi connectivity index (χ0) is 19.5. The average molecular weight is 373 g/mol. The molecule has 28 heavy (non-hydrogen) atoms. The van der Waals surface area contributed by atoms with Crippen molar-refractivity contribution in [3.63, 3.8) is 0 Å². The summed E-state index contributed by atoms with van der Waals surface area (Å²) in [4.78, 5) is 29.1. The molecular weight excluding hydrogens is 358 g/mol. The molecule has 2 heterocycles. The summed E-state index contributed by atoms with van der Waals surface area (Å²) in [6.45, 7) is 1.69. The minimum Gasteiger partial charge on any atom is -0.339 e. The Bertz CT molecular complexity index is 1200. The Morgan fingerprint density at radius 2 is 1.75 bits per heavy atom. The maximum Gasteiger partial charge on any atom is 0.276 e. The van der Waals surface area contributed by atoms with Gasteiger partial charge in [0.05, 0.1) is 11.4 Å². The van der Waals surface area contributed by atoms with Gasteiger partial charge in [0.2, 0.25) is 11.7 Å². The summed E-state index contributed by atoms with van der Waals surface area (Å²) in [5.74, 6) is 0.334. The van der Waals surface area contributed by atoms with E-state index in [2.05, 4.69) is 20.6 Å². The van der Waals surface area contributed by atoms with Crippen LogP contribution in [-0.4, -0.2) is 25.8 Å². The van der Waals surface area contributed by atoms with E-state index < -0.39 is 5.91 Å². The summed E-state index contributed by atoms with van der Waals surface area (Å²) in [5.41, 5.74) is 1.47. The molecule has 2 aromatic carbocycles. The molecule has 1 N–H and O–H groups in total. The topological polar surface area (TPSA) is 103 Å². The number of carbonyl (C=O) groups is 1. The summed E-state index contributed by atoms with van der Waals surface area (Å²) in [7, 11) is 0. The Hall–Kier alpha value is -4.07. The molecule has 8 nitrogen and oxygen atoms in total. The average Bonchev–Trinajstić information content (AvgIpc) is 3.15.